The monoisotopic (exact) mass is 243 g/mol. The molecule has 0 unspecified atom stereocenters. The van der Waals surface area contributed by atoms with Gasteiger partial charge in [0.05, 0.1) is 0 Å². The van der Waals surface area contributed by atoms with Crippen molar-refractivity contribution in [3.63, 3.8) is 0 Å². The number of hydrogen-bond acceptors (Lipinski definition) is 1. The molecule has 1 saturated carbocycles. The number of rotatable bonds is 2. The van der Waals surface area contributed by atoms with E-state index in [-0.39, 0.29) is 18.2 Å². The van der Waals surface area contributed by atoms with E-state index in [1.165, 1.54) is 18.9 Å². The fourth-order valence-corrected chi connectivity index (χ4v) is 2.39. The molecule has 0 spiro atoms. The van der Waals surface area contributed by atoms with E-state index >= 15 is 0 Å². The van der Waals surface area contributed by atoms with Gasteiger partial charge in [-0.05, 0) is 55.7 Å². The maximum Gasteiger partial charge on any atom is 0.123 e. The molecule has 0 heterocycles. The van der Waals surface area contributed by atoms with Crippen molar-refractivity contribution >= 4 is 12.4 Å². The lowest BCUT2D eigenvalue weighted by Gasteiger charge is -2.26. The average molecular weight is 244 g/mol. The summed E-state index contributed by atoms with van der Waals surface area (Å²) in [6.45, 7) is 0. The van der Waals surface area contributed by atoms with Crippen LogP contribution in [0, 0.1) is 11.7 Å². The van der Waals surface area contributed by atoms with E-state index in [4.69, 9.17) is 5.73 Å². The summed E-state index contributed by atoms with van der Waals surface area (Å²) in [7, 11) is 0. The third kappa shape index (κ3) is 3.76. The highest BCUT2D eigenvalue weighted by Gasteiger charge is 2.18. The quantitative estimate of drug-likeness (QED) is 0.848. The zero-order chi connectivity index (χ0) is 10.7. The van der Waals surface area contributed by atoms with Gasteiger partial charge in [-0.15, -0.1) is 12.4 Å². The van der Waals surface area contributed by atoms with Crippen molar-refractivity contribution in [1.82, 2.24) is 0 Å². The summed E-state index contributed by atoms with van der Waals surface area (Å²) >= 11 is 0. The van der Waals surface area contributed by atoms with E-state index in [9.17, 15) is 4.39 Å². The van der Waals surface area contributed by atoms with Gasteiger partial charge in [-0.1, -0.05) is 12.1 Å². The molecule has 0 aliphatic heterocycles. The summed E-state index contributed by atoms with van der Waals surface area (Å²) in [4.78, 5) is 0. The van der Waals surface area contributed by atoms with Gasteiger partial charge in [0.25, 0.3) is 0 Å². The van der Waals surface area contributed by atoms with Gasteiger partial charge in [-0.25, -0.2) is 4.39 Å². The van der Waals surface area contributed by atoms with Gasteiger partial charge >= 0.3 is 0 Å². The average Bonchev–Trinajstić information content (AvgIpc) is 2.22. The van der Waals surface area contributed by atoms with Gasteiger partial charge in [0, 0.05) is 6.04 Å². The Morgan fingerprint density at radius 2 is 1.88 bits per heavy atom. The Kier molecular flexibility index (Phi) is 5.23. The topological polar surface area (TPSA) is 26.0 Å². The lowest BCUT2D eigenvalue weighted by atomic mass is 9.83. The molecule has 1 aliphatic carbocycles. The molecule has 16 heavy (non-hydrogen) atoms. The predicted molar refractivity (Wildman–Crippen MR) is 67.3 cm³/mol. The minimum Gasteiger partial charge on any atom is -0.328 e. The minimum atomic E-state index is -0.125. The summed E-state index contributed by atoms with van der Waals surface area (Å²) in [5.74, 6) is 0.576. The zero-order valence-electron chi connectivity index (χ0n) is 9.36. The van der Waals surface area contributed by atoms with Gasteiger partial charge in [0.1, 0.15) is 5.82 Å². The maximum atomic E-state index is 13.0. The lowest BCUT2D eigenvalue weighted by Crippen LogP contribution is -2.27. The van der Waals surface area contributed by atoms with Crippen molar-refractivity contribution in [1.29, 1.82) is 0 Å². The van der Waals surface area contributed by atoms with Gasteiger partial charge < -0.3 is 5.73 Å². The number of hydrogen-bond donors (Lipinski definition) is 1. The highest BCUT2D eigenvalue weighted by Crippen LogP contribution is 2.26. The normalized spacial score (nSPS) is 24.9. The van der Waals surface area contributed by atoms with Crippen molar-refractivity contribution in [2.45, 2.75) is 38.1 Å². The van der Waals surface area contributed by atoms with Crippen LogP contribution in [-0.4, -0.2) is 6.04 Å². The van der Waals surface area contributed by atoms with E-state index in [1.807, 2.05) is 6.07 Å². The lowest BCUT2D eigenvalue weighted by molar-refractivity contribution is 0.324. The zero-order valence-corrected chi connectivity index (χ0v) is 10.2. The molecule has 0 bridgehead atoms. The molecule has 1 aliphatic rings. The number of nitrogens with two attached hydrogens (primary N) is 1. The first kappa shape index (κ1) is 13.5. The van der Waals surface area contributed by atoms with Crippen LogP contribution in [0.4, 0.5) is 4.39 Å². The molecule has 1 aromatic rings. The number of halogens is 2. The third-order valence-electron chi connectivity index (χ3n) is 3.30. The molecule has 1 fully saturated rings. The highest BCUT2D eigenvalue weighted by atomic mass is 35.5. The van der Waals surface area contributed by atoms with Gasteiger partial charge in [0.15, 0.2) is 0 Å². The SMILES string of the molecule is Cl.NC1CCC(Cc2cccc(F)c2)CC1. The van der Waals surface area contributed by atoms with Crippen molar-refractivity contribution in [3.05, 3.63) is 35.6 Å². The minimum absolute atomic E-state index is 0. The second-order valence-corrected chi connectivity index (χ2v) is 4.61. The van der Waals surface area contributed by atoms with Crippen molar-refractivity contribution in [2.24, 2.45) is 11.7 Å². The van der Waals surface area contributed by atoms with Crippen molar-refractivity contribution < 1.29 is 4.39 Å². The molecule has 90 valence electrons. The first-order valence-electron chi connectivity index (χ1n) is 5.74. The Morgan fingerprint density at radius 1 is 1.19 bits per heavy atom. The van der Waals surface area contributed by atoms with Crippen LogP contribution in [0.5, 0.6) is 0 Å². The smallest absolute Gasteiger partial charge is 0.123 e. The van der Waals surface area contributed by atoms with Gasteiger partial charge in [-0.2, -0.15) is 0 Å². The highest BCUT2D eigenvalue weighted by molar-refractivity contribution is 5.85. The molecular weight excluding hydrogens is 225 g/mol. The number of benzene rings is 1. The summed E-state index contributed by atoms with van der Waals surface area (Å²) in [6, 6.07) is 7.35. The Morgan fingerprint density at radius 3 is 2.50 bits per heavy atom. The van der Waals surface area contributed by atoms with E-state index in [0.29, 0.717) is 12.0 Å². The summed E-state index contributed by atoms with van der Waals surface area (Å²) in [5, 5.41) is 0. The molecule has 2 rings (SSSR count). The Hall–Kier alpha value is -0.600. The van der Waals surface area contributed by atoms with Gasteiger partial charge in [0.2, 0.25) is 0 Å². The van der Waals surface area contributed by atoms with Crippen molar-refractivity contribution in [3.8, 4) is 0 Å². The van der Waals surface area contributed by atoms with E-state index < -0.39 is 0 Å². The molecule has 0 aromatic heterocycles. The summed E-state index contributed by atoms with van der Waals surface area (Å²) < 4.78 is 13.0. The Bertz CT molecular complexity index is 321. The Balaban J connectivity index is 0.00000128. The molecule has 2 N–H and O–H groups in total. The molecule has 1 aromatic carbocycles. The molecule has 3 heteroatoms. The van der Waals surface area contributed by atoms with E-state index in [0.717, 1.165) is 24.8 Å². The second-order valence-electron chi connectivity index (χ2n) is 4.61. The first-order chi connectivity index (χ1) is 7.24. The standard InChI is InChI=1S/C13H18FN.ClH/c14-12-3-1-2-11(9-12)8-10-4-6-13(15)7-5-10;/h1-3,9-10,13H,4-8,15H2;1H. The van der Waals surface area contributed by atoms with E-state index in [2.05, 4.69) is 0 Å². The van der Waals surface area contributed by atoms with Crippen LogP contribution in [0.1, 0.15) is 31.2 Å². The van der Waals surface area contributed by atoms with Crippen LogP contribution < -0.4 is 5.73 Å². The third-order valence-corrected chi connectivity index (χ3v) is 3.30. The summed E-state index contributed by atoms with van der Waals surface area (Å²) in [5.41, 5.74) is 6.98. The first-order valence-corrected chi connectivity index (χ1v) is 5.74. The van der Waals surface area contributed by atoms with Crippen LogP contribution >= 0.6 is 12.4 Å². The Labute approximate surface area is 103 Å². The van der Waals surface area contributed by atoms with Crippen LogP contribution in [0.3, 0.4) is 0 Å². The fraction of sp³-hybridized carbons (Fsp3) is 0.538. The van der Waals surface area contributed by atoms with Gasteiger partial charge in [-0.3, -0.25) is 0 Å². The molecule has 0 atom stereocenters. The molecule has 0 radical (unpaired) electrons. The predicted octanol–water partition coefficient (Wildman–Crippen LogP) is 3.31. The maximum absolute atomic E-state index is 13.0. The van der Waals surface area contributed by atoms with Crippen LogP contribution in [0.2, 0.25) is 0 Å². The van der Waals surface area contributed by atoms with Crippen LogP contribution in [0.15, 0.2) is 24.3 Å². The van der Waals surface area contributed by atoms with Crippen LogP contribution in [-0.2, 0) is 6.42 Å². The van der Waals surface area contributed by atoms with Crippen LogP contribution in [0.25, 0.3) is 0 Å². The van der Waals surface area contributed by atoms with E-state index in [1.54, 1.807) is 12.1 Å². The molecule has 1 nitrogen and oxygen atoms in total. The molecule has 0 saturated heterocycles. The largest absolute Gasteiger partial charge is 0.328 e. The fourth-order valence-electron chi connectivity index (χ4n) is 2.39. The molecule has 0 amide bonds. The van der Waals surface area contributed by atoms with Crippen molar-refractivity contribution in [2.75, 3.05) is 0 Å². The molecular formula is C13H19ClFN. The summed E-state index contributed by atoms with van der Waals surface area (Å²) in [6.07, 6.45) is 5.64. The second kappa shape index (κ2) is 6.21.